The molecule has 0 bridgehead atoms. The summed E-state index contributed by atoms with van der Waals surface area (Å²) in [5.74, 6) is 0.914. The van der Waals surface area contributed by atoms with Crippen molar-refractivity contribution < 1.29 is 14.3 Å². The lowest BCUT2D eigenvalue weighted by atomic mass is 10.1. The quantitative estimate of drug-likeness (QED) is 0.641. The molecule has 0 saturated heterocycles. The monoisotopic (exact) mass is 410 g/mol. The van der Waals surface area contributed by atoms with Crippen LogP contribution in [0.15, 0.2) is 48.5 Å². The van der Waals surface area contributed by atoms with E-state index in [0.717, 1.165) is 22.4 Å². The molecule has 2 aromatic rings. The van der Waals surface area contributed by atoms with Crippen molar-refractivity contribution in [3.63, 3.8) is 0 Å². The number of methoxy groups -OCH3 is 1. The van der Waals surface area contributed by atoms with E-state index in [9.17, 15) is 9.59 Å². The molecule has 0 fully saturated rings. The number of aryl methyl sites for hydroxylation is 1. The van der Waals surface area contributed by atoms with E-state index in [0.29, 0.717) is 25.4 Å². The highest BCUT2D eigenvalue weighted by molar-refractivity contribution is 5.88. The number of hydrogen-bond donors (Lipinski definition) is 1. The first-order valence-corrected chi connectivity index (χ1v) is 10.6. The van der Waals surface area contributed by atoms with Crippen LogP contribution in [0.3, 0.4) is 0 Å². The number of carbonyl (C=O) groups is 2. The van der Waals surface area contributed by atoms with E-state index >= 15 is 0 Å². The van der Waals surface area contributed by atoms with Gasteiger partial charge in [-0.1, -0.05) is 62.7 Å². The van der Waals surface area contributed by atoms with Crippen LogP contribution in [0.5, 0.6) is 5.75 Å². The zero-order valence-corrected chi connectivity index (χ0v) is 18.8. The number of benzene rings is 2. The molecule has 1 N–H and O–H groups in total. The lowest BCUT2D eigenvalue weighted by Gasteiger charge is -2.31. The summed E-state index contributed by atoms with van der Waals surface area (Å²) >= 11 is 0. The number of amides is 2. The standard InChI is InChI=1S/C25H34N2O3/c1-6-23(25(29)26-16-18(2)3)27(17-21-8-7-9-22(14-21)30-5)24(28)15-20-12-10-19(4)11-13-20/h7-14,18,23H,6,15-17H2,1-5H3,(H,26,29). The SMILES string of the molecule is CCC(C(=O)NCC(C)C)N(Cc1cccc(OC)c1)C(=O)Cc1ccc(C)cc1. The highest BCUT2D eigenvalue weighted by Gasteiger charge is 2.28. The zero-order chi connectivity index (χ0) is 22.1. The molecule has 1 atom stereocenters. The predicted octanol–water partition coefficient (Wildman–Crippen LogP) is 4.13. The lowest BCUT2D eigenvalue weighted by Crippen LogP contribution is -2.50. The Balaban J connectivity index is 2.27. The minimum Gasteiger partial charge on any atom is -0.497 e. The molecule has 2 rings (SSSR count). The Kier molecular flexibility index (Phi) is 8.90. The van der Waals surface area contributed by atoms with Gasteiger partial charge in [-0.15, -0.1) is 0 Å². The summed E-state index contributed by atoms with van der Waals surface area (Å²) in [7, 11) is 1.62. The van der Waals surface area contributed by atoms with Crippen molar-refractivity contribution in [1.29, 1.82) is 0 Å². The first kappa shape index (κ1) is 23.5. The number of carbonyl (C=O) groups excluding carboxylic acids is 2. The van der Waals surface area contributed by atoms with Gasteiger partial charge >= 0.3 is 0 Å². The summed E-state index contributed by atoms with van der Waals surface area (Å²) < 4.78 is 5.32. The van der Waals surface area contributed by atoms with Gasteiger partial charge in [0, 0.05) is 13.1 Å². The fraction of sp³-hybridized carbons (Fsp3) is 0.440. The fourth-order valence-corrected chi connectivity index (χ4v) is 3.29. The number of nitrogens with one attached hydrogen (secondary N) is 1. The molecule has 0 heterocycles. The third kappa shape index (κ3) is 6.90. The molecule has 0 saturated carbocycles. The Hall–Kier alpha value is -2.82. The number of rotatable bonds is 10. The second kappa shape index (κ2) is 11.4. The molecule has 2 amide bonds. The van der Waals surface area contributed by atoms with Crippen LogP contribution >= 0.6 is 0 Å². The van der Waals surface area contributed by atoms with Gasteiger partial charge in [0.25, 0.3) is 0 Å². The summed E-state index contributed by atoms with van der Waals surface area (Å²) in [5, 5.41) is 2.99. The van der Waals surface area contributed by atoms with E-state index in [2.05, 4.69) is 19.2 Å². The van der Waals surface area contributed by atoms with E-state index in [1.165, 1.54) is 0 Å². The van der Waals surface area contributed by atoms with E-state index in [4.69, 9.17) is 4.74 Å². The van der Waals surface area contributed by atoms with Crippen molar-refractivity contribution in [2.24, 2.45) is 5.92 Å². The van der Waals surface area contributed by atoms with Gasteiger partial charge in [-0.2, -0.15) is 0 Å². The molecule has 0 aromatic heterocycles. The maximum absolute atomic E-state index is 13.3. The van der Waals surface area contributed by atoms with Gasteiger partial charge in [-0.05, 0) is 42.5 Å². The van der Waals surface area contributed by atoms with Gasteiger partial charge in [0.2, 0.25) is 11.8 Å². The van der Waals surface area contributed by atoms with Crippen molar-refractivity contribution in [3.8, 4) is 5.75 Å². The first-order chi connectivity index (χ1) is 14.3. The highest BCUT2D eigenvalue weighted by atomic mass is 16.5. The molecule has 0 aliphatic rings. The summed E-state index contributed by atoms with van der Waals surface area (Å²) in [6.45, 7) is 9.02. The Morgan fingerprint density at radius 3 is 2.37 bits per heavy atom. The normalized spacial score (nSPS) is 11.8. The van der Waals surface area contributed by atoms with Crippen molar-refractivity contribution in [2.45, 2.75) is 53.1 Å². The Bertz CT molecular complexity index is 831. The average molecular weight is 411 g/mol. The van der Waals surface area contributed by atoms with Gasteiger partial charge in [-0.25, -0.2) is 0 Å². The van der Waals surface area contributed by atoms with Crippen LogP contribution in [0, 0.1) is 12.8 Å². The fourth-order valence-electron chi connectivity index (χ4n) is 3.29. The van der Waals surface area contributed by atoms with Crippen LogP contribution in [-0.4, -0.2) is 36.4 Å². The average Bonchev–Trinajstić information content (AvgIpc) is 2.73. The van der Waals surface area contributed by atoms with Crippen LogP contribution in [-0.2, 0) is 22.6 Å². The van der Waals surface area contributed by atoms with Crippen LogP contribution in [0.4, 0.5) is 0 Å². The van der Waals surface area contributed by atoms with Crippen LogP contribution < -0.4 is 10.1 Å². The number of nitrogens with zero attached hydrogens (tertiary/aromatic N) is 1. The van der Waals surface area contributed by atoms with Gasteiger partial charge in [0.1, 0.15) is 11.8 Å². The first-order valence-electron chi connectivity index (χ1n) is 10.6. The van der Waals surface area contributed by atoms with E-state index in [1.807, 2.05) is 62.4 Å². The minimum atomic E-state index is -0.520. The summed E-state index contributed by atoms with van der Waals surface area (Å²) in [4.78, 5) is 27.9. The third-order valence-corrected chi connectivity index (χ3v) is 5.03. The zero-order valence-electron chi connectivity index (χ0n) is 18.8. The molecule has 30 heavy (non-hydrogen) atoms. The topological polar surface area (TPSA) is 58.6 Å². The molecule has 0 spiro atoms. The van der Waals surface area contributed by atoms with Crippen molar-refractivity contribution in [3.05, 3.63) is 65.2 Å². The largest absolute Gasteiger partial charge is 0.497 e. The van der Waals surface area contributed by atoms with E-state index in [-0.39, 0.29) is 18.2 Å². The molecular formula is C25H34N2O3. The van der Waals surface area contributed by atoms with E-state index < -0.39 is 6.04 Å². The molecule has 162 valence electrons. The molecule has 0 aliphatic heterocycles. The van der Waals surface area contributed by atoms with Gasteiger partial charge < -0.3 is 15.0 Å². The van der Waals surface area contributed by atoms with Crippen molar-refractivity contribution >= 4 is 11.8 Å². The summed E-state index contributed by atoms with van der Waals surface area (Å²) in [5.41, 5.74) is 3.03. The van der Waals surface area contributed by atoms with Crippen LogP contribution in [0.2, 0.25) is 0 Å². The Morgan fingerprint density at radius 2 is 1.77 bits per heavy atom. The molecule has 5 nitrogen and oxygen atoms in total. The molecule has 1 unspecified atom stereocenters. The van der Waals surface area contributed by atoms with Crippen molar-refractivity contribution in [2.75, 3.05) is 13.7 Å². The second-order valence-electron chi connectivity index (χ2n) is 8.10. The number of hydrogen-bond acceptors (Lipinski definition) is 3. The molecule has 0 aliphatic carbocycles. The van der Waals surface area contributed by atoms with Gasteiger partial charge in [0.05, 0.1) is 13.5 Å². The maximum Gasteiger partial charge on any atom is 0.242 e. The Morgan fingerprint density at radius 1 is 1.07 bits per heavy atom. The maximum atomic E-state index is 13.3. The Labute approximate surface area is 180 Å². The smallest absolute Gasteiger partial charge is 0.242 e. The predicted molar refractivity (Wildman–Crippen MR) is 120 cm³/mol. The molecule has 2 aromatic carbocycles. The molecular weight excluding hydrogens is 376 g/mol. The molecule has 0 radical (unpaired) electrons. The number of ether oxygens (including phenoxy) is 1. The minimum absolute atomic E-state index is 0.0618. The second-order valence-corrected chi connectivity index (χ2v) is 8.10. The summed E-state index contributed by atoms with van der Waals surface area (Å²) in [6, 6.07) is 15.0. The van der Waals surface area contributed by atoms with Gasteiger partial charge in [-0.3, -0.25) is 9.59 Å². The third-order valence-electron chi connectivity index (χ3n) is 5.03. The van der Waals surface area contributed by atoms with Crippen molar-refractivity contribution in [1.82, 2.24) is 10.2 Å². The van der Waals surface area contributed by atoms with Crippen LogP contribution in [0.25, 0.3) is 0 Å². The summed E-state index contributed by atoms with van der Waals surface area (Å²) in [6.07, 6.45) is 0.811. The lowest BCUT2D eigenvalue weighted by molar-refractivity contribution is -0.141. The molecule has 5 heteroatoms. The van der Waals surface area contributed by atoms with E-state index in [1.54, 1.807) is 12.0 Å². The van der Waals surface area contributed by atoms with Crippen LogP contribution in [0.1, 0.15) is 43.9 Å². The highest BCUT2D eigenvalue weighted by Crippen LogP contribution is 2.18. The van der Waals surface area contributed by atoms with Gasteiger partial charge in [0.15, 0.2) is 0 Å².